The highest BCUT2D eigenvalue weighted by Gasteiger charge is 2.21. The average molecular weight is 404 g/mol. The van der Waals surface area contributed by atoms with Crippen molar-refractivity contribution >= 4 is 17.2 Å². The number of methoxy groups -OCH3 is 1. The van der Waals surface area contributed by atoms with E-state index in [4.69, 9.17) is 9.84 Å². The van der Waals surface area contributed by atoms with Crippen molar-refractivity contribution in [3.8, 4) is 22.0 Å². The van der Waals surface area contributed by atoms with Gasteiger partial charge in [0, 0.05) is 13.6 Å². The number of nitrogens with zero attached hydrogens (tertiary/aromatic N) is 3. The lowest BCUT2D eigenvalue weighted by Crippen LogP contribution is -2.28. The van der Waals surface area contributed by atoms with Crippen molar-refractivity contribution in [2.24, 2.45) is 0 Å². The van der Waals surface area contributed by atoms with Crippen molar-refractivity contribution in [1.29, 1.82) is 0 Å². The molecule has 0 saturated carbocycles. The average Bonchev–Trinajstić information content (AvgIpc) is 3.44. The third kappa shape index (κ3) is 4.07. The fourth-order valence-corrected chi connectivity index (χ4v) is 3.84. The zero-order valence-electron chi connectivity index (χ0n) is 16.3. The second-order valence-corrected chi connectivity index (χ2v) is 7.60. The van der Waals surface area contributed by atoms with E-state index in [1.165, 1.54) is 0 Å². The minimum atomic E-state index is -0.0908. The van der Waals surface area contributed by atoms with Crippen LogP contribution < -0.4 is 4.74 Å². The highest BCUT2D eigenvalue weighted by Crippen LogP contribution is 2.26. The van der Waals surface area contributed by atoms with Crippen LogP contribution in [0.25, 0.3) is 16.3 Å². The number of benzene rings is 2. The molecule has 0 fully saturated rings. The summed E-state index contributed by atoms with van der Waals surface area (Å²) in [6.07, 6.45) is 0. The highest BCUT2D eigenvalue weighted by atomic mass is 32.1. The maximum Gasteiger partial charge on any atom is 0.272 e. The Labute approximate surface area is 173 Å². The van der Waals surface area contributed by atoms with Gasteiger partial charge in [-0.25, -0.2) is 4.68 Å². The lowest BCUT2D eigenvalue weighted by molar-refractivity contribution is 0.0776. The van der Waals surface area contributed by atoms with E-state index < -0.39 is 0 Å². The fourth-order valence-electron chi connectivity index (χ4n) is 3.16. The van der Waals surface area contributed by atoms with Gasteiger partial charge in [-0.15, -0.1) is 11.3 Å². The molecule has 0 saturated heterocycles. The van der Waals surface area contributed by atoms with Gasteiger partial charge in [-0.2, -0.15) is 5.10 Å². The molecular formula is C23H21N3O2S. The third-order valence-electron chi connectivity index (χ3n) is 4.60. The SMILES string of the molecule is COc1cccc(CN(C)C(=O)c2cc(-c3cccs3)nn2-c2ccccc2)c1. The molecule has 0 spiro atoms. The van der Waals surface area contributed by atoms with Gasteiger partial charge in [0.2, 0.25) is 0 Å². The molecule has 1 amide bonds. The number of hydrogen-bond donors (Lipinski definition) is 0. The predicted octanol–water partition coefficient (Wildman–Crippen LogP) is 4.88. The molecule has 0 aliphatic rings. The number of carbonyl (C=O) groups is 1. The number of thiophene rings is 1. The smallest absolute Gasteiger partial charge is 0.272 e. The minimum absolute atomic E-state index is 0.0908. The number of hydrogen-bond acceptors (Lipinski definition) is 4. The normalized spacial score (nSPS) is 10.7. The first kappa shape index (κ1) is 19.0. The molecular weight excluding hydrogens is 382 g/mol. The summed E-state index contributed by atoms with van der Waals surface area (Å²) >= 11 is 1.61. The van der Waals surface area contributed by atoms with Crippen molar-refractivity contribution in [1.82, 2.24) is 14.7 Å². The summed E-state index contributed by atoms with van der Waals surface area (Å²) in [5, 5.41) is 6.73. The van der Waals surface area contributed by atoms with Crippen molar-refractivity contribution in [2.45, 2.75) is 6.54 Å². The van der Waals surface area contributed by atoms with Gasteiger partial charge >= 0.3 is 0 Å². The first-order valence-electron chi connectivity index (χ1n) is 9.23. The van der Waals surface area contributed by atoms with Gasteiger partial charge in [-0.1, -0.05) is 36.4 Å². The highest BCUT2D eigenvalue weighted by molar-refractivity contribution is 7.13. The Bertz CT molecular complexity index is 1100. The minimum Gasteiger partial charge on any atom is -0.497 e. The summed E-state index contributed by atoms with van der Waals surface area (Å²) in [4.78, 5) is 16.0. The van der Waals surface area contributed by atoms with Gasteiger partial charge in [-0.3, -0.25) is 4.79 Å². The lowest BCUT2D eigenvalue weighted by atomic mass is 10.2. The quantitative estimate of drug-likeness (QED) is 0.461. The maximum atomic E-state index is 13.3. The van der Waals surface area contributed by atoms with Gasteiger partial charge in [0.1, 0.15) is 17.1 Å². The topological polar surface area (TPSA) is 47.4 Å². The van der Waals surface area contributed by atoms with E-state index >= 15 is 0 Å². The van der Waals surface area contributed by atoms with Gasteiger partial charge in [-0.05, 0) is 47.3 Å². The molecule has 4 aromatic rings. The van der Waals surface area contributed by atoms with Crippen LogP contribution in [-0.2, 0) is 6.54 Å². The van der Waals surface area contributed by atoms with Crippen LogP contribution in [0.15, 0.2) is 78.2 Å². The van der Waals surface area contributed by atoms with E-state index in [-0.39, 0.29) is 5.91 Å². The monoisotopic (exact) mass is 403 g/mol. The summed E-state index contributed by atoms with van der Waals surface area (Å²) in [6.45, 7) is 0.477. The van der Waals surface area contributed by atoms with Crippen molar-refractivity contribution in [3.05, 3.63) is 89.4 Å². The summed E-state index contributed by atoms with van der Waals surface area (Å²) in [7, 11) is 3.44. The first-order chi connectivity index (χ1) is 14.2. The number of aromatic nitrogens is 2. The molecule has 146 valence electrons. The molecule has 2 heterocycles. The van der Waals surface area contributed by atoms with Crippen LogP contribution in [0.5, 0.6) is 5.75 Å². The summed E-state index contributed by atoms with van der Waals surface area (Å²) < 4.78 is 7.01. The van der Waals surface area contributed by atoms with Gasteiger partial charge in [0.15, 0.2) is 0 Å². The Hall–Kier alpha value is -3.38. The lowest BCUT2D eigenvalue weighted by Gasteiger charge is -2.18. The van der Waals surface area contributed by atoms with Crippen LogP contribution in [0, 0.1) is 0 Å². The van der Waals surface area contributed by atoms with E-state index in [9.17, 15) is 4.79 Å². The van der Waals surface area contributed by atoms with Crippen LogP contribution >= 0.6 is 11.3 Å². The zero-order valence-corrected chi connectivity index (χ0v) is 17.1. The Kier molecular flexibility index (Phi) is 5.44. The van der Waals surface area contributed by atoms with Gasteiger partial charge < -0.3 is 9.64 Å². The van der Waals surface area contributed by atoms with Crippen LogP contribution in [0.2, 0.25) is 0 Å². The second-order valence-electron chi connectivity index (χ2n) is 6.65. The number of carbonyl (C=O) groups excluding carboxylic acids is 1. The molecule has 2 aromatic heterocycles. The maximum absolute atomic E-state index is 13.3. The molecule has 0 aliphatic carbocycles. The summed E-state index contributed by atoms with van der Waals surface area (Å²) in [6, 6.07) is 23.3. The van der Waals surface area contributed by atoms with Crippen molar-refractivity contribution < 1.29 is 9.53 Å². The van der Waals surface area contributed by atoms with Gasteiger partial charge in [0.05, 0.1) is 17.7 Å². The predicted molar refractivity (Wildman–Crippen MR) is 116 cm³/mol. The number of para-hydroxylation sites is 1. The van der Waals surface area contributed by atoms with E-state index in [2.05, 4.69) is 0 Å². The van der Waals surface area contributed by atoms with Gasteiger partial charge in [0.25, 0.3) is 5.91 Å². The largest absolute Gasteiger partial charge is 0.497 e. The molecule has 6 heteroatoms. The summed E-state index contributed by atoms with van der Waals surface area (Å²) in [5.41, 5.74) is 3.19. The molecule has 0 radical (unpaired) electrons. The Balaban J connectivity index is 1.67. The standard InChI is InChI=1S/C23H21N3O2S/c1-25(16-17-8-6-11-19(14-17)28-2)23(27)21-15-20(22-12-7-13-29-22)24-26(21)18-9-4-3-5-10-18/h3-15H,16H2,1-2H3. The molecule has 4 rings (SSSR count). The molecule has 0 aliphatic heterocycles. The molecule has 5 nitrogen and oxygen atoms in total. The summed E-state index contributed by atoms with van der Waals surface area (Å²) in [5.74, 6) is 0.685. The molecule has 0 N–H and O–H groups in total. The zero-order chi connectivity index (χ0) is 20.2. The van der Waals surface area contributed by atoms with Crippen molar-refractivity contribution in [2.75, 3.05) is 14.2 Å². The Morgan fingerprint density at radius 1 is 1.07 bits per heavy atom. The van der Waals surface area contributed by atoms with E-state index in [1.54, 1.807) is 35.1 Å². The van der Waals surface area contributed by atoms with Crippen LogP contribution in [0.3, 0.4) is 0 Å². The molecule has 0 bridgehead atoms. The number of ether oxygens (including phenoxy) is 1. The third-order valence-corrected chi connectivity index (χ3v) is 5.50. The number of amides is 1. The van der Waals surface area contributed by atoms with E-state index in [0.29, 0.717) is 12.2 Å². The number of rotatable bonds is 6. The fraction of sp³-hybridized carbons (Fsp3) is 0.130. The molecule has 2 aromatic carbocycles. The molecule has 0 unspecified atom stereocenters. The van der Waals surface area contributed by atoms with Crippen molar-refractivity contribution in [3.63, 3.8) is 0 Å². The molecule has 0 atom stereocenters. The van der Waals surface area contributed by atoms with Crippen LogP contribution in [-0.4, -0.2) is 34.7 Å². The Morgan fingerprint density at radius 3 is 2.62 bits per heavy atom. The first-order valence-corrected chi connectivity index (χ1v) is 10.1. The van der Waals surface area contributed by atoms with Crippen LogP contribution in [0.1, 0.15) is 16.1 Å². The van der Waals surface area contributed by atoms with E-state index in [0.717, 1.165) is 27.6 Å². The van der Waals surface area contributed by atoms with Crippen LogP contribution in [0.4, 0.5) is 0 Å². The molecule has 29 heavy (non-hydrogen) atoms. The Morgan fingerprint density at radius 2 is 1.90 bits per heavy atom. The second kappa shape index (κ2) is 8.32. The van der Waals surface area contributed by atoms with E-state index in [1.807, 2.05) is 78.2 Å².